The Hall–Kier alpha value is -2.83. The van der Waals surface area contributed by atoms with Gasteiger partial charge in [-0.25, -0.2) is 5.43 Å². The Morgan fingerprint density at radius 2 is 1.97 bits per heavy atom. The average molecular weight is 501 g/mol. The number of carbonyl (C=O) groups excluding carboxylic acids is 1. The molecular weight excluding hydrogens is 478 g/mol. The van der Waals surface area contributed by atoms with Gasteiger partial charge in [-0.3, -0.25) is 4.79 Å². The van der Waals surface area contributed by atoms with E-state index >= 15 is 0 Å². The van der Waals surface area contributed by atoms with Crippen LogP contribution in [0.2, 0.25) is 5.02 Å². The lowest BCUT2D eigenvalue weighted by molar-refractivity contribution is -0.121. The van der Waals surface area contributed by atoms with Crippen molar-refractivity contribution in [2.75, 3.05) is 5.32 Å². The summed E-state index contributed by atoms with van der Waals surface area (Å²) in [6.45, 7) is 4.13. The van der Waals surface area contributed by atoms with Gasteiger partial charge in [-0.1, -0.05) is 51.8 Å². The quantitative estimate of drug-likeness (QED) is 0.297. The number of hydrogen-bond acceptors (Lipinski definition) is 4. The van der Waals surface area contributed by atoms with Crippen molar-refractivity contribution in [2.45, 2.75) is 26.5 Å². The molecular formula is C24H23BrClN3O2. The van der Waals surface area contributed by atoms with E-state index in [1.165, 1.54) is 0 Å². The van der Waals surface area contributed by atoms with Crippen molar-refractivity contribution in [1.29, 1.82) is 0 Å². The summed E-state index contributed by atoms with van der Waals surface area (Å²) in [5.41, 5.74) is 6.20. The van der Waals surface area contributed by atoms with Crippen molar-refractivity contribution in [2.24, 2.45) is 5.10 Å². The highest BCUT2D eigenvalue weighted by molar-refractivity contribution is 9.10. The van der Waals surface area contributed by atoms with Crippen molar-refractivity contribution in [3.8, 4) is 5.75 Å². The molecule has 160 valence electrons. The Kier molecular flexibility index (Phi) is 8.09. The van der Waals surface area contributed by atoms with E-state index in [-0.39, 0.29) is 5.91 Å². The summed E-state index contributed by atoms with van der Waals surface area (Å²) in [7, 11) is 0. The minimum atomic E-state index is -0.472. The maximum Gasteiger partial charge on any atom is 0.262 e. The van der Waals surface area contributed by atoms with Gasteiger partial charge >= 0.3 is 0 Å². The van der Waals surface area contributed by atoms with Crippen LogP contribution in [-0.4, -0.2) is 18.2 Å². The van der Waals surface area contributed by atoms with Crippen molar-refractivity contribution in [3.05, 3.63) is 92.9 Å². The highest BCUT2D eigenvalue weighted by Crippen LogP contribution is 2.21. The molecule has 0 fully saturated rings. The Balaban J connectivity index is 1.58. The first kappa shape index (κ1) is 22.8. The van der Waals surface area contributed by atoms with Crippen LogP contribution in [0.3, 0.4) is 0 Å². The second-order valence-corrected chi connectivity index (χ2v) is 8.37. The summed E-state index contributed by atoms with van der Waals surface area (Å²) < 4.78 is 6.94. The van der Waals surface area contributed by atoms with Gasteiger partial charge in [0.1, 0.15) is 18.4 Å². The molecule has 0 aliphatic carbocycles. The van der Waals surface area contributed by atoms with Crippen LogP contribution in [0.4, 0.5) is 5.69 Å². The molecule has 0 aliphatic heterocycles. The summed E-state index contributed by atoms with van der Waals surface area (Å²) in [5, 5.41) is 7.92. The van der Waals surface area contributed by atoms with E-state index < -0.39 is 6.04 Å². The molecule has 7 heteroatoms. The predicted molar refractivity (Wildman–Crippen MR) is 130 cm³/mol. The number of nitrogens with one attached hydrogen (secondary N) is 2. The Morgan fingerprint density at radius 3 is 2.74 bits per heavy atom. The number of hydrazone groups is 1. The fourth-order valence-corrected chi connectivity index (χ4v) is 3.53. The largest absolute Gasteiger partial charge is 0.488 e. The number of carbonyl (C=O) groups is 1. The molecule has 0 radical (unpaired) electrons. The molecule has 0 aliphatic rings. The van der Waals surface area contributed by atoms with Crippen LogP contribution in [0.1, 0.15) is 23.6 Å². The fraction of sp³-hybridized carbons (Fsp3) is 0.167. The molecule has 1 atom stereocenters. The van der Waals surface area contributed by atoms with Crippen LogP contribution < -0.4 is 15.5 Å². The standard InChI is InChI=1S/C24H23BrClN3O2/c1-16-12-21(26)10-11-22(16)28-17(2)24(30)29-27-14-19-7-3-4-9-23(19)31-15-18-6-5-8-20(25)13-18/h3-14,17,28H,15H2,1-2H3,(H,29,30). The van der Waals surface area contributed by atoms with Crippen molar-refractivity contribution in [3.63, 3.8) is 0 Å². The monoisotopic (exact) mass is 499 g/mol. The van der Waals surface area contributed by atoms with Gasteiger partial charge in [0.2, 0.25) is 0 Å². The number of benzene rings is 3. The van der Waals surface area contributed by atoms with Gasteiger partial charge in [0.25, 0.3) is 5.91 Å². The number of halogens is 2. The second kappa shape index (κ2) is 11.0. The van der Waals surface area contributed by atoms with Crippen LogP contribution in [0.15, 0.2) is 76.3 Å². The molecule has 0 bridgehead atoms. The Labute approximate surface area is 195 Å². The van der Waals surface area contributed by atoms with Crippen LogP contribution in [0.5, 0.6) is 5.75 Å². The molecule has 3 aromatic rings. The number of ether oxygens (including phenoxy) is 1. The van der Waals surface area contributed by atoms with Gasteiger partial charge < -0.3 is 10.1 Å². The molecule has 0 aromatic heterocycles. The Morgan fingerprint density at radius 1 is 1.16 bits per heavy atom. The second-order valence-electron chi connectivity index (χ2n) is 7.02. The van der Waals surface area contributed by atoms with E-state index in [1.54, 1.807) is 19.2 Å². The predicted octanol–water partition coefficient (Wildman–Crippen LogP) is 5.94. The first-order valence-electron chi connectivity index (χ1n) is 9.74. The maximum atomic E-state index is 12.4. The lowest BCUT2D eigenvalue weighted by Crippen LogP contribution is -2.35. The highest BCUT2D eigenvalue weighted by Gasteiger charge is 2.13. The number of nitrogens with zero attached hydrogens (tertiary/aromatic N) is 1. The molecule has 3 aromatic carbocycles. The number of anilines is 1. The first-order chi connectivity index (χ1) is 14.9. The molecule has 0 saturated heterocycles. The zero-order chi connectivity index (χ0) is 22.2. The summed E-state index contributed by atoms with van der Waals surface area (Å²) in [6.07, 6.45) is 1.58. The number of rotatable bonds is 8. The van der Waals surface area contributed by atoms with Crippen LogP contribution in [-0.2, 0) is 11.4 Å². The third-order valence-electron chi connectivity index (χ3n) is 4.53. The van der Waals surface area contributed by atoms with E-state index in [0.717, 1.165) is 26.9 Å². The van der Waals surface area contributed by atoms with Crippen LogP contribution in [0.25, 0.3) is 0 Å². The van der Waals surface area contributed by atoms with Gasteiger partial charge in [0.05, 0.1) is 6.21 Å². The molecule has 0 heterocycles. The molecule has 2 N–H and O–H groups in total. The van der Waals surface area contributed by atoms with E-state index in [1.807, 2.05) is 67.6 Å². The fourth-order valence-electron chi connectivity index (χ4n) is 2.86. The smallest absolute Gasteiger partial charge is 0.262 e. The van der Waals surface area contributed by atoms with Crippen LogP contribution >= 0.6 is 27.5 Å². The third-order valence-corrected chi connectivity index (χ3v) is 5.26. The van der Waals surface area contributed by atoms with Crippen molar-refractivity contribution < 1.29 is 9.53 Å². The lowest BCUT2D eigenvalue weighted by Gasteiger charge is -2.15. The van der Waals surface area contributed by atoms with Crippen molar-refractivity contribution in [1.82, 2.24) is 5.43 Å². The number of amides is 1. The number of para-hydroxylation sites is 1. The average Bonchev–Trinajstić information content (AvgIpc) is 2.75. The van der Waals surface area contributed by atoms with Gasteiger partial charge in [-0.2, -0.15) is 5.10 Å². The van der Waals surface area contributed by atoms with Crippen molar-refractivity contribution >= 4 is 45.3 Å². The topological polar surface area (TPSA) is 62.7 Å². The van der Waals surface area contributed by atoms with E-state index in [0.29, 0.717) is 17.4 Å². The molecule has 1 amide bonds. The van der Waals surface area contributed by atoms with Gasteiger partial charge in [-0.05, 0) is 67.4 Å². The normalized spacial score (nSPS) is 11.9. The van der Waals surface area contributed by atoms with E-state index in [9.17, 15) is 4.79 Å². The molecule has 3 rings (SSSR count). The minimum absolute atomic E-state index is 0.252. The van der Waals surface area contributed by atoms with Gasteiger partial charge in [0, 0.05) is 20.7 Å². The summed E-state index contributed by atoms with van der Waals surface area (Å²) >= 11 is 9.44. The van der Waals surface area contributed by atoms with E-state index in [4.69, 9.17) is 16.3 Å². The molecule has 0 saturated carbocycles. The summed E-state index contributed by atoms with van der Waals surface area (Å²) in [5.74, 6) is 0.432. The number of aryl methyl sites for hydroxylation is 1. The molecule has 1 unspecified atom stereocenters. The third kappa shape index (κ3) is 6.84. The zero-order valence-corrected chi connectivity index (χ0v) is 19.6. The highest BCUT2D eigenvalue weighted by atomic mass is 79.9. The zero-order valence-electron chi connectivity index (χ0n) is 17.2. The van der Waals surface area contributed by atoms with E-state index in [2.05, 4.69) is 31.8 Å². The maximum absolute atomic E-state index is 12.4. The van der Waals surface area contributed by atoms with Gasteiger partial charge in [-0.15, -0.1) is 0 Å². The van der Waals surface area contributed by atoms with Gasteiger partial charge in [0.15, 0.2) is 0 Å². The lowest BCUT2D eigenvalue weighted by atomic mass is 10.2. The van der Waals surface area contributed by atoms with Crippen LogP contribution in [0, 0.1) is 6.92 Å². The molecule has 0 spiro atoms. The molecule has 31 heavy (non-hydrogen) atoms. The first-order valence-corrected chi connectivity index (χ1v) is 10.9. The molecule has 5 nitrogen and oxygen atoms in total. The minimum Gasteiger partial charge on any atom is -0.488 e. The summed E-state index contributed by atoms with van der Waals surface area (Å²) in [6, 6.07) is 20.5. The SMILES string of the molecule is Cc1cc(Cl)ccc1NC(C)C(=O)NN=Cc1ccccc1OCc1cccc(Br)c1. The number of hydrogen-bond donors (Lipinski definition) is 2. The summed E-state index contributed by atoms with van der Waals surface area (Å²) in [4.78, 5) is 12.4. The Bertz CT molecular complexity index is 1090.